The predicted octanol–water partition coefficient (Wildman–Crippen LogP) is 2.45. The summed E-state index contributed by atoms with van der Waals surface area (Å²) < 4.78 is 1.88. The summed E-state index contributed by atoms with van der Waals surface area (Å²) >= 11 is 0. The molecule has 28 heavy (non-hydrogen) atoms. The summed E-state index contributed by atoms with van der Waals surface area (Å²) in [5, 5.41) is 20.9. The summed E-state index contributed by atoms with van der Waals surface area (Å²) in [5.74, 6) is 0.455. The highest BCUT2D eigenvalue weighted by Crippen LogP contribution is 2.33. The summed E-state index contributed by atoms with van der Waals surface area (Å²) in [7, 11) is 0. The van der Waals surface area contributed by atoms with E-state index < -0.39 is 6.23 Å². The Balaban J connectivity index is 1.34. The normalized spacial score (nSPS) is 23.4. The first-order valence-corrected chi connectivity index (χ1v) is 10.2. The van der Waals surface area contributed by atoms with Crippen LogP contribution in [0.2, 0.25) is 0 Å². The molecule has 5 N–H and O–H groups in total. The molecular weight excluding hydrogens is 354 g/mol. The Bertz CT molecular complexity index is 792. The maximum absolute atomic E-state index is 12.1. The summed E-state index contributed by atoms with van der Waals surface area (Å²) in [6, 6.07) is 11.2. The minimum atomic E-state index is -1.15. The van der Waals surface area contributed by atoms with Gasteiger partial charge in [-0.05, 0) is 44.1 Å². The SMILES string of the molecule is NC(O)c1cn([C@H]2CC[C@@H](NCc3ccccc3)CC2)nc1NC(=O)C1CC1. The first-order valence-electron chi connectivity index (χ1n) is 10.2. The number of nitrogens with two attached hydrogens (primary N) is 1. The number of carbonyl (C=O) groups is 1. The number of aromatic nitrogens is 2. The lowest BCUT2D eigenvalue weighted by Crippen LogP contribution is -2.33. The second-order valence-corrected chi connectivity index (χ2v) is 7.99. The highest BCUT2D eigenvalue weighted by molar-refractivity contribution is 5.93. The zero-order chi connectivity index (χ0) is 19.5. The molecular formula is C21H29N5O2. The maximum atomic E-state index is 12.1. The summed E-state index contributed by atoms with van der Waals surface area (Å²) in [6.07, 6.45) is 6.64. The van der Waals surface area contributed by atoms with Gasteiger partial charge in [0.15, 0.2) is 5.82 Å². The highest BCUT2D eigenvalue weighted by atomic mass is 16.3. The second kappa shape index (κ2) is 8.43. The van der Waals surface area contributed by atoms with Crippen molar-refractivity contribution in [3.8, 4) is 0 Å². The fourth-order valence-electron chi connectivity index (χ4n) is 3.87. The summed E-state index contributed by atoms with van der Waals surface area (Å²) in [5.41, 5.74) is 7.47. The topological polar surface area (TPSA) is 105 Å². The molecule has 7 nitrogen and oxygen atoms in total. The van der Waals surface area contributed by atoms with Crippen molar-refractivity contribution in [2.45, 2.75) is 63.4 Å². The van der Waals surface area contributed by atoms with Crippen LogP contribution in [0.3, 0.4) is 0 Å². The van der Waals surface area contributed by atoms with Crippen molar-refractivity contribution in [1.29, 1.82) is 0 Å². The monoisotopic (exact) mass is 383 g/mol. The van der Waals surface area contributed by atoms with Crippen LogP contribution in [-0.4, -0.2) is 26.8 Å². The molecule has 0 aliphatic heterocycles. The highest BCUT2D eigenvalue weighted by Gasteiger charge is 2.31. The van der Waals surface area contributed by atoms with E-state index in [9.17, 15) is 9.90 Å². The van der Waals surface area contributed by atoms with Gasteiger partial charge in [0.2, 0.25) is 5.91 Å². The van der Waals surface area contributed by atoms with Crippen LogP contribution in [0.25, 0.3) is 0 Å². The van der Waals surface area contributed by atoms with E-state index in [1.165, 1.54) is 5.56 Å². The first kappa shape index (κ1) is 19.1. The van der Waals surface area contributed by atoms with Gasteiger partial charge in [0.25, 0.3) is 0 Å². The van der Waals surface area contributed by atoms with Gasteiger partial charge in [-0.1, -0.05) is 30.3 Å². The minimum absolute atomic E-state index is 0.0269. The molecule has 7 heteroatoms. The third-order valence-electron chi connectivity index (χ3n) is 5.78. The van der Waals surface area contributed by atoms with Crippen LogP contribution < -0.4 is 16.4 Å². The molecule has 2 fully saturated rings. The van der Waals surface area contributed by atoms with E-state index in [4.69, 9.17) is 5.73 Å². The van der Waals surface area contributed by atoms with E-state index in [1.807, 2.05) is 10.7 Å². The fourth-order valence-corrected chi connectivity index (χ4v) is 3.87. The standard InChI is InChI=1S/C21H29N5O2/c22-19(27)18-13-26(25-20(18)24-21(28)15-6-7-15)17-10-8-16(9-11-17)23-12-14-4-2-1-3-5-14/h1-5,13,15-17,19,23,27H,6-12,22H2,(H,24,25,28)/t16-,17+,19?. The maximum Gasteiger partial charge on any atom is 0.228 e. The van der Waals surface area contributed by atoms with Crippen molar-refractivity contribution in [3.63, 3.8) is 0 Å². The van der Waals surface area contributed by atoms with E-state index in [1.54, 1.807) is 6.20 Å². The van der Waals surface area contributed by atoms with Gasteiger partial charge in [-0.3, -0.25) is 9.48 Å². The molecule has 150 valence electrons. The zero-order valence-corrected chi connectivity index (χ0v) is 16.1. The van der Waals surface area contributed by atoms with E-state index in [-0.39, 0.29) is 17.9 Å². The van der Waals surface area contributed by atoms with Gasteiger partial charge in [0.05, 0.1) is 11.6 Å². The quantitative estimate of drug-likeness (QED) is 0.550. The predicted molar refractivity (Wildman–Crippen MR) is 107 cm³/mol. The van der Waals surface area contributed by atoms with Gasteiger partial charge >= 0.3 is 0 Å². The Morgan fingerprint density at radius 2 is 1.89 bits per heavy atom. The molecule has 0 bridgehead atoms. The van der Waals surface area contributed by atoms with Crippen molar-refractivity contribution in [3.05, 3.63) is 47.7 Å². The van der Waals surface area contributed by atoms with Crippen molar-refractivity contribution in [2.24, 2.45) is 11.7 Å². The second-order valence-electron chi connectivity index (χ2n) is 7.99. The number of aliphatic hydroxyl groups excluding tert-OH is 1. The number of aliphatic hydroxyl groups is 1. The molecule has 0 spiro atoms. The smallest absolute Gasteiger partial charge is 0.228 e. The van der Waals surface area contributed by atoms with Gasteiger partial charge in [0, 0.05) is 24.7 Å². The summed E-state index contributed by atoms with van der Waals surface area (Å²) in [4.78, 5) is 12.1. The Morgan fingerprint density at radius 1 is 1.18 bits per heavy atom. The Morgan fingerprint density at radius 3 is 2.54 bits per heavy atom. The van der Waals surface area contributed by atoms with Crippen LogP contribution in [0.5, 0.6) is 0 Å². The molecule has 1 aromatic heterocycles. The minimum Gasteiger partial charge on any atom is -0.374 e. The largest absolute Gasteiger partial charge is 0.374 e. The van der Waals surface area contributed by atoms with Crippen molar-refractivity contribution in [1.82, 2.24) is 15.1 Å². The molecule has 1 atom stereocenters. The number of carbonyl (C=O) groups excluding carboxylic acids is 1. The molecule has 1 amide bonds. The van der Waals surface area contributed by atoms with Gasteiger partial charge in [-0.25, -0.2) is 0 Å². The van der Waals surface area contributed by atoms with Crippen molar-refractivity contribution in [2.75, 3.05) is 5.32 Å². The Hall–Kier alpha value is -2.22. The van der Waals surface area contributed by atoms with Crippen LogP contribution in [0.4, 0.5) is 5.82 Å². The molecule has 1 heterocycles. The Kier molecular flexibility index (Phi) is 5.75. The van der Waals surface area contributed by atoms with E-state index in [0.29, 0.717) is 17.4 Å². The van der Waals surface area contributed by atoms with Crippen molar-refractivity contribution < 1.29 is 9.90 Å². The Labute approximate surface area is 165 Å². The third-order valence-corrected chi connectivity index (χ3v) is 5.78. The molecule has 1 aromatic carbocycles. The van der Waals surface area contributed by atoms with Gasteiger partial charge < -0.3 is 21.5 Å². The number of rotatable bonds is 7. The number of amides is 1. The van der Waals surface area contributed by atoms with E-state index in [2.05, 4.69) is 40.0 Å². The number of nitrogens with zero attached hydrogens (tertiary/aromatic N) is 2. The molecule has 2 saturated carbocycles. The fraction of sp³-hybridized carbons (Fsp3) is 0.524. The number of nitrogens with one attached hydrogen (secondary N) is 2. The molecule has 1 unspecified atom stereocenters. The third kappa shape index (κ3) is 4.60. The summed E-state index contributed by atoms with van der Waals surface area (Å²) in [6.45, 7) is 0.888. The average molecular weight is 383 g/mol. The lowest BCUT2D eigenvalue weighted by atomic mass is 9.91. The van der Waals surface area contributed by atoms with Crippen LogP contribution in [0.15, 0.2) is 36.5 Å². The van der Waals surface area contributed by atoms with E-state index in [0.717, 1.165) is 45.1 Å². The number of hydrogen-bond donors (Lipinski definition) is 4. The molecule has 4 rings (SSSR count). The number of anilines is 1. The molecule has 0 radical (unpaired) electrons. The van der Waals surface area contributed by atoms with E-state index >= 15 is 0 Å². The van der Waals surface area contributed by atoms with Gasteiger partial charge in [-0.15, -0.1) is 0 Å². The lowest BCUT2D eigenvalue weighted by molar-refractivity contribution is -0.117. The zero-order valence-electron chi connectivity index (χ0n) is 16.1. The lowest BCUT2D eigenvalue weighted by Gasteiger charge is -2.29. The molecule has 2 aliphatic carbocycles. The van der Waals surface area contributed by atoms with Gasteiger partial charge in [-0.2, -0.15) is 5.10 Å². The number of hydrogen-bond acceptors (Lipinski definition) is 5. The molecule has 0 saturated heterocycles. The average Bonchev–Trinajstić information content (AvgIpc) is 3.48. The van der Waals surface area contributed by atoms with Crippen LogP contribution in [-0.2, 0) is 11.3 Å². The molecule has 2 aliphatic rings. The van der Waals surface area contributed by atoms with Gasteiger partial charge in [0.1, 0.15) is 6.23 Å². The molecule has 2 aromatic rings. The van der Waals surface area contributed by atoms with Crippen molar-refractivity contribution >= 4 is 11.7 Å². The van der Waals surface area contributed by atoms with Crippen LogP contribution in [0, 0.1) is 5.92 Å². The van der Waals surface area contributed by atoms with Crippen LogP contribution >= 0.6 is 0 Å². The first-order chi connectivity index (χ1) is 13.6. The van der Waals surface area contributed by atoms with Crippen LogP contribution in [0.1, 0.15) is 61.9 Å². The number of benzene rings is 1.